The Hall–Kier alpha value is -2.40. The molecule has 1 amide bonds. The van der Waals surface area contributed by atoms with Crippen LogP contribution in [0.15, 0.2) is 42.5 Å². The third-order valence-electron chi connectivity index (χ3n) is 2.73. The van der Waals surface area contributed by atoms with Gasteiger partial charge in [0.1, 0.15) is 5.82 Å². The van der Waals surface area contributed by atoms with E-state index in [2.05, 4.69) is 10.6 Å². The van der Waals surface area contributed by atoms with Gasteiger partial charge in [-0.25, -0.2) is 4.39 Å². The van der Waals surface area contributed by atoms with Crippen LogP contribution in [0.1, 0.15) is 12.5 Å². The number of benzene rings is 2. The lowest BCUT2D eigenvalue weighted by Crippen LogP contribution is -2.06. The number of rotatable bonds is 4. The highest BCUT2D eigenvalue weighted by Crippen LogP contribution is 2.23. The Labute approximate surface area is 116 Å². The Morgan fingerprint density at radius 1 is 1.20 bits per heavy atom. The monoisotopic (exact) mass is 273 g/mol. The van der Waals surface area contributed by atoms with Crippen molar-refractivity contribution in [1.82, 2.24) is 0 Å². The van der Waals surface area contributed by atoms with Gasteiger partial charge in [0.25, 0.3) is 0 Å². The van der Waals surface area contributed by atoms with Crippen molar-refractivity contribution >= 4 is 23.0 Å². The van der Waals surface area contributed by atoms with Gasteiger partial charge in [-0.15, -0.1) is 0 Å². The molecule has 2 aromatic rings. The molecule has 0 atom stereocenters. The summed E-state index contributed by atoms with van der Waals surface area (Å²) >= 11 is 0. The second-order valence-corrected chi connectivity index (χ2v) is 4.41. The number of hydrogen-bond donors (Lipinski definition) is 3. The Kier molecular flexibility index (Phi) is 4.32. The molecule has 4 nitrogen and oxygen atoms in total. The van der Waals surface area contributed by atoms with Crippen LogP contribution in [0.25, 0.3) is 0 Å². The zero-order chi connectivity index (χ0) is 14.5. The molecule has 0 aliphatic heterocycles. The molecule has 0 heterocycles. The minimum Gasteiger partial charge on any atom is -0.353 e. The smallest absolute Gasteiger partial charge is 0.221 e. The summed E-state index contributed by atoms with van der Waals surface area (Å²) in [4.78, 5) is 11.0. The Bertz CT molecular complexity index is 628. The fraction of sp³-hybridized carbons (Fsp3) is 0.133. The van der Waals surface area contributed by atoms with Crippen molar-refractivity contribution in [2.24, 2.45) is 5.73 Å². The maximum absolute atomic E-state index is 13.8. The maximum Gasteiger partial charge on any atom is 0.221 e. The third kappa shape index (κ3) is 3.55. The molecule has 5 heteroatoms. The van der Waals surface area contributed by atoms with Crippen molar-refractivity contribution in [3.8, 4) is 0 Å². The molecule has 0 radical (unpaired) electrons. The number of hydrogen-bond acceptors (Lipinski definition) is 3. The topological polar surface area (TPSA) is 67.2 Å². The number of carbonyl (C=O) groups excluding carboxylic acids is 1. The molecule has 4 N–H and O–H groups in total. The van der Waals surface area contributed by atoms with Crippen LogP contribution >= 0.6 is 0 Å². The SMILES string of the molecule is CC(=O)Nc1cccc(Nc2ccc(CN)cc2F)c1. The summed E-state index contributed by atoms with van der Waals surface area (Å²) in [5, 5.41) is 5.64. The molecule has 0 fully saturated rings. The van der Waals surface area contributed by atoms with Crippen molar-refractivity contribution in [2.75, 3.05) is 10.6 Å². The third-order valence-corrected chi connectivity index (χ3v) is 2.73. The van der Waals surface area contributed by atoms with E-state index in [1.807, 2.05) is 0 Å². The van der Waals surface area contributed by atoms with E-state index >= 15 is 0 Å². The van der Waals surface area contributed by atoms with E-state index in [9.17, 15) is 9.18 Å². The zero-order valence-corrected chi connectivity index (χ0v) is 11.1. The normalized spacial score (nSPS) is 10.2. The van der Waals surface area contributed by atoms with E-state index < -0.39 is 0 Å². The minimum atomic E-state index is -0.363. The molecule has 0 aliphatic carbocycles. The fourth-order valence-corrected chi connectivity index (χ4v) is 1.82. The molecular weight excluding hydrogens is 257 g/mol. The number of carbonyl (C=O) groups is 1. The average molecular weight is 273 g/mol. The molecule has 0 aliphatic rings. The van der Waals surface area contributed by atoms with Crippen molar-refractivity contribution in [2.45, 2.75) is 13.5 Å². The highest BCUT2D eigenvalue weighted by atomic mass is 19.1. The summed E-state index contributed by atoms with van der Waals surface area (Å²) in [6.07, 6.45) is 0. The lowest BCUT2D eigenvalue weighted by Gasteiger charge is -2.10. The van der Waals surface area contributed by atoms with Gasteiger partial charge in [0.15, 0.2) is 0 Å². The minimum absolute atomic E-state index is 0.152. The first-order valence-corrected chi connectivity index (χ1v) is 6.21. The highest BCUT2D eigenvalue weighted by Gasteiger charge is 2.04. The molecule has 0 spiro atoms. The lowest BCUT2D eigenvalue weighted by molar-refractivity contribution is -0.114. The van der Waals surface area contributed by atoms with Crippen LogP contribution in [-0.2, 0) is 11.3 Å². The quantitative estimate of drug-likeness (QED) is 0.802. The lowest BCUT2D eigenvalue weighted by atomic mass is 10.2. The van der Waals surface area contributed by atoms with Gasteiger partial charge in [-0.3, -0.25) is 4.79 Å². The molecule has 2 aromatic carbocycles. The number of anilines is 3. The van der Waals surface area contributed by atoms with Crippen LogP contribution in [0.4, 0.5) is 21.5 Å². The first-order chi connectivity index (χ1) is 9.58. The van der Waals surface area contributed by atoms with E-state index in [4.69, 9.17) is 5.73 Å². The second-order valence-electron chi connectivity index (χ2n) is 4.41. The summed E-state index contributed by atoms with van der Waals surface area (Å²) in [6.45, 7) is 1.74. The first-order valence-electron chi connectivity index (χ1n) is 6.21. The van der Waals surface area contributed by atoms with Gasteiger partial charge in [0.05, 0.1) is 5.69 Å². The van der Waals surface area contributed by atoms with Crippen molar-refractivity contribution in [1.29, 1.82) is 0 Å². The maximum atomic E-state index is 13.8. The predicted octanol–water partition coefficient (Wildman–Crippen LogP) is 2.99. The predicted molar refractivity (Wildman–Crippen MR) is 78.3 cm³/mol. The number of nitrogens with two attached hydrogens (primary N) is 1. The highest BCUT2D eigenvalue weighted by molar-refractivity contribution is 5.89. The average Bonchev–Trinajstić information content (AvgIpc) is 2.41. The molecule has 0 aromatic heterocycles. The molecule has 2 rings (SSSR count). The van der Waals surface area contributed by atoms with Gasteiger partial charge < -0.3 is 16.4 Å². The van der Waals surface area contributed by atoms with Gasteiger partial charge in [0, 0.05) is 24.8 Å². The van der Waals surface area contributed by atoms with Crippen LogP contribution in [0.2, 0.25) is 0 Å². The van der Waals surface area contributed by atoms with E-state index in [0.717, 1.165) is 5.56 Å². The van der Waals surface area contributed by atoms with Gasteiger partial charge in [-0.1, -0.05) is 12.1 Å². The van der Waals surface area contributed by atoms with Crippen LogP contribution in [0.5, 0.6) is 0 Å². The molecule has 20 heavy (non-hydrogen) atoms. The molecule has 0 saturated heterocycles. The summed E-state index contributed by atoms with van der Waals surface area (Å²) < 4.78 is 13.8. The van der Waals surface area contributed by atoms with Crippen molar-refractivity contribution in [3.63, 3.8) is 0 Å². The summed E-state index contributed by atoms with van der Waals surface area (Å²) in [6, 6.07) is 11.9. The standard InChI is InChI=1S/C15H16FN3O/c1-10(20)18-12-3-2-4-13(8-12)19-15-6-5-11(9-17)7-14(15)16/h2-8,19H,9,17H2,1H3,(H,18,20). The Morgan fingerprint density at radius 3 is 2.60 bits per heavy atom. The van der Waals surface area contributed by atoms with Crippen molar-refractivity contribution < 1.29 is 9.18 Å². The zero-order valence-electron chi connectivity index (χ0n) is 11.1. The van der Waals surface area contributed by atoms with E-state index in [1.165, 1.54) is 13.0 Å². The molecule has 0 saturated carbocycles. The Morgan fingerprint density at radius 2 is 1.95 bits per heavy atom. The number of nitrogens with one attached hydrogen (secondary N) is 2. The van der Waals surface area contributed by atoms with E-state index in [-0.39, 0.29) is 11.7 Å². The number of halogens is 1. The fourth-order valence-electron chi connectivity index (χ4n) is 1.82. The first kappa shape index (κ1) is 14.0. The largest absolute Gasteiger partial charge is 0.353 e. The van der Waals surface area contributed by atoms with Gasteiger partial charge >= 0.3 is 0 Å². The summed E-state index contributed by atoms with van der Waals surface area (Å²) in [7, 11) is 0. The van der Waals surface area contributed by atoms with E-state index in [1.54, 1.807) is 36.4 Å². The molecule has 0 bridgehead atoms. The molecule has 104 valence electrons. The summed E-state index contributed by atoms with van der Waals surface area (Å²) in [5.41, 5.74) is 7.90. The van der Waals surface area contributed by atoms with Gasteiger partial charge in [-0.2, -0.15) is 0 Å². The van der Waals surface area contributed by atoms with Crippen LogP contribution in [0.3, 0.4) is 0 Å². The number of amides is 1. The Balaban J connectivity index is 2.19. The van der Waals surface area contributed by atoms with Crippen molar-refractivity contribution in [3.05, 3.63) is 53.8 Å². The van der Waals surface area contributed by atoms with Gasteiger partial charge in [0.2, 0.25) is 5.91 Å². The van der Waals surface area contributed by atoms with Crippen LogP contribution < -0.4 is 16.4 Å². The molecular formula is C15H16FN3O. The summed E-state index contributed by atoms with van der Waals surface area (Å²) in [5.74, 6) is -0.515. The van der Waals surface area contributed by atoms with Crippen LogP contribution in [-0.4, -0.2) is 5.91 Å². The van der Waals surface area contributed by atoms with Gasteiger partial charge in [-0.05, 0) is 35.9 Å². The van der Waals surface area contributed by atoms with E-state index in [0.29, 0.717) is 23.6 Å². The second kappa shape index (κ2) is 6.16. The molecule has 0 unspecified atom stereocenters. The van der Waals surface area contributed by atoms with Crippen LogP contribution in [0, 0.1) is 5.82 Å².